The van der Waals surface area contributed by atoms with Crippen molar-refractivity contribution in [2.75, 3.05) is 37.3 Å². The largest absolute Gasteiger partial charge is 0.353 e. The summed E-state index contributed by atoms with van der Waals surface area (Å²) in [4.78, 5) is 29.6. The SMILES string of the molecule is CS(=O)(=O)c1cccc(C(=O)CN2CCN(c3ncnc4[nH]ccc34)CC23CC3)c1. The highest BCUT2D eigenvalue weighted by Gasteiger charge is 2.51. The maximum Gasteiger partial charge on any atom is 0.176 e. The number of sulfone groups is 1. The van der Waals surface area contributed by atoms with Crippen molar-refractivity contribution in [3.8, 4) is 0 Å². The van der Waals surface area contributed by atoms with Crippen LogP contribution >= 0.6 is 0 Å². The Bertz CT molecular complexity index is 1230. The molecule has 156 valence electrons. The summed E-state index contributed by atoms with van der Waals surface area (Å²) < 4.78 is 23.6. The second-order valence-electron chi connectivity index (χ2n) is 8.23. The number of ketones is 1. The van der Waals surface area contributed by atoms with Crippen LogP contribution in [-0.4, -0.2) is 72.0 Å². The number of piperazine rings is 1. The lowest BCUT2D eigenvalue weighted by atomic mass is 10.1. The number of hydrogen-bond donors (Lipinski definition) is 1. The number of aromatic nitrogens is 3. The molecular weight excluding hydrogens is 402 g/mol. The van der Waals surface area contributed by atoms with Crippen LogP contribution in [0.4, 0.5) is 5.82 Å². The number of H-pyrrole nitrogens is 1. The van der Waals surface area contributed by atoms with Crippen LogP contribution in [0, 0.1) is 0 Å². The fourth-order valence-corrected chi connectivity index (χ4v) is 5.00. The number of carbonyl (C=O) groups is 1. The number of nitrogens with zero attached hydrogens (tertiary/aromatic N) is 4. The maximum atomic E-state index is 12.9. The number of fused-ring (bicyclic) bond motifs is 1. The van der Waals surface area contributed by atoms with E-state index in [-0.39, 0.29) is 16.2 Å². The number of anilines is 1. The molecule has 1 aliphatic heterocycles. The molecule has 8 nitrogen and oxygen atoms in total. The molecule has 3 aromatic rings. The molecule has 0 atom stereocenters. The van der Waals surface area contributed by atoms with E-state index >= 15 is 0 Å². The van der Waals surface area contributed by atoms with Crippen molar-refractivity contribution in [3.05, 3.63) is 48.4 Å². The highest BCUT2D eigenvalue weighted by molar-refractivity contribution is 7.90. The Labute approximate surface area is 174 Å². The number of benzene rings is 1. The normalized spacial score (nSPS) is 18.8. The number of aromatic amines is 1. The lowest BCUT2D eigenvalue weighted by Crippen LogP contribution is -2.56. The van der Waals surface area contributed by atoms with Crippen LogP contribution in [0.15, 0.2) is 47.8 Å². The van der Waals surface area contributed by atoms with Crippen LogP contribution in [0.1, 0.15) is 23.2 Å². The fraction of sp³-hybridized carbons (Fsp3) is 0.381. The number of Topliss-reactive ketones (excluding diaryl/α,β-unsaturated/α-hetero) is 1. The number of carbonyl (C=O) groups excluding carboxylic acids is 1. The van der Waals surface area contributed by atoms with Crippen LogP contribution in [0.3, 0.4) is 0 Å². The van der Waals surface area contributed by atoms with E-state index in [0.717, 1.165) is 55.6 Å². The van der Waals surface area contributed by atoms with Gasteiger partial charge in [0, 0.05) is 43.2 Å². The van der Waals surface area contributed by atoms with Gasteiger partial charge in [-0.3, -0.25) is 9.69 Å². The molecule has 1 N–H and O–H groups in total. The van der Waals surface area contributed by atoms with Gasteiger partial charge in [0.2, 0.25) is 0 Å². The van der Waals surface area contributed by atoms with Gasteiger partial charge >= 0.3 is 0 Å². The Morgan fingerprint density at radius 2 is 2.03 bits per heavy atom. The third-order valence-electron chi connectivity index (χ3n) is 6.17. The molecular formula is C21H23N5O3S. The summed E-state index contributed by atoms with van der Waals surface area (Å²) in [5.74, 6) is 0.884. The van der Waals surface area contributed by atoms with Crippen molar-refractivity contribution >= 4 is 32.5 Å². The van der Waals surface area contributed by atoms with Crippen molar-refractivity contribution < 1.29 is 13.2 Å². The monoisotopic (exact) mass is 425 g/mol. The second kappa shape index (κ2) is 6.88. The van der Waals surface area contributed by atoms with Gasteiger partial charge < -0.3 is 9.88 Å². The first-order chi connectivity index (χ1) is 14.4. The first-order valence-electron chi connectivity index (χ1n) is 9.97. The lowest BCUT2D eigenvalue weighted by Gasteiger charge is -2.42. The molecule has 1 spiro atoms. The van der Waals surface area contributed by atoms with Crippen LogP contribution in [-0.2, 0) is 9.84 Å². The molecule has 0 radical (unpaired) electrons. The third kappa shape index (κ3) is 3.37. The molecule has 3 heterocycles. The predicted molar refractivity (Wildman–Crippen MR) is 114 cm³/mol. The highest BCUT2D eigenvalue weighted by atomic mass is 32.2. The Morgan fingerprint density at radius 1 is 1.20 bits per heavy atom. The summed E-state index contributed by atoms with van der Waals surface area (Å²) in [6.07, 6.45) is 6.69. The van der Waals surface area contributed by atoms with E-state index in [2.05, 4.69) is 24.8 Å². The highest BCUT2D eigenvalue weighted by Crippen LogP contribution is 2.45. The minimum atomic E-state index is -3.34. The Kier molecular flexibility index (Phi) is 4.41. The molecule has 0 bridgehead atoms. The summed E-state index contributed by atoms with van der Waals surface area (Å²) in [5, 5.41) is 1.01. The molecule has 1 aromatic carbocycles. The van der Waals surface area contributed by atoms with E-state index in [1.807, 2.05) is 12.3 Å². The van der Waals surface area contributed by atoms with Gasteiger partial charge in [0.05, 0.1) is 16.8 Å². The van der Waals surface area contributed by atoms with Gasteiger partial charge in [0.25, 0.3) is 0 Å². The van der Waals surface area contributed by atoms with E-state index < -0.39 is 9.84 Å². The number of rotatable bonds is 5. The van der Waals surface area contributed by atoms with Crippen molar-refractivity contribution in [3.63, 3.8) is 0 Å². The first-order valence-corrected chi connectivity index (χ1v) is 11.9. The number of hydrogen-bond acceptors (Lipinski definition) is 7. The summed E-state index contributed by atoms with van der Waals surface area (Å²) in [5.41, 5.74) is 1.25. The average molecular weight is 426 g/mol. The van der Waals surface area contributed by atoms with E-state index in [9.17, 15) is 13.2 Å². The van der Waals surface area contributed by atoms with Gasteiger partial charge in [0.15, 0.2) is 15.6 Å². The smallest absolute Gasteiger partial charge is 0.176 e. The van der Waals surface area contributed by atoms with Crippen LogP contribution in [0.25, 0.3) is 11.0 Å². The predicted octanol–water partition coefficient (Wildman–Crippen LogP) is 1.90. The topological polar surface area (TPSA) is 99.3 Å². The van der Waals surface area contributed by atoms with Gasteiger partial charge in [-0.2, -0.15) is 0 Å². The summed E-state index contributed by atoms with van der Waals surface area (Å²) >= 11 is 0. The summed E-state index contributed by atoms with van der Waals surface area (Å²) in [6, 6.07) is 8.32. The van der Waals surface area contributed by atoms with E-state index in [1.165, 1.54) is 12.1 Å². The molecule has 0 unspecified atom stereocenters. The van der Waals surface area contributed by atoms with Crippen molar-refractivity contribution in [2.24, 2.45) is 0 Å². The Morgan fingerprint density at radius 3 is 2.80 bits per heavy atom. The minimum absolute atomic E-state index is 0.0179. The van der Waals surface area contributed by atoms with Crippen LogP contribution < -0.4 is 4.90 Å². The second-order valence-corrected chi connectivity index (χ2v) is 10.2. The summed E-state index contributed by atoms with van der Waals surface area (Å²) in [6.45, 7) is 2.65. The van der Waals surface area contributed by atoms with Gasteiger partial charge in [0.1, 0.15) is 17.8 Å². The van der Waals surface area contributed by atoms with Crippen molar-refractivity contribution in [1.29, 1.82) is 0 Å². The maximum absolute atomic E-state index is 12.9. The standard InChI is InChI=1S/C21H23N5O3S/c1-30(28,29)16-4-2-3-15(11-16)18(27)12-26-10-9-25(13-21(26)6-7-21)20-17-5-8-22-19(17)23-14-24-20/h2-5,8,11,14H,6-7,9-10,12-13H2,1H3,(H,22,23,24). The average Bonchev–Trinajstić information content (AvgIpc) is 3.32. The van der Waals surface area contributed by atoms with E-state index in [0.29, 0.717) is 12.1 Å². The Hall–Kier alpha value is -2.78. The van der Waals surface area contributed by atoms with Gasteiger partial charge in [-0.1, -0.05) is 12.1 Å². The zero-order valence-corrected chi connectivity index (χ0v) is 17.5. The fourth-order valence-electron chi connectivity index (χ4n) is 4.33. The zero-order chi connectivity index (χ0) is 20.9. The minimum Gasteiger partial charge on any atom is -0.353 e. The molecule has 5 rings (SSSR count). The molecule has 1 saturated carbocycles. The molecule has 1 aliphatic carbocycles. The quantitative estimate of drug-likeness (QED) is 0.623. The van der Waals surface area contributed by atoms with Gasteiger partial charge in [-0.05, 0) is 31.0 Å². The summed E-state index contributed by atoms with van der Waals surface area (Å²) in [7, 11) is -3.34. The molecule has 1 saturated heterocycles. The molecule has 2 fully saturated rings. The van der Waals surface area contributed by atoms with Crippen LogP contribution in [0.5, 0.6) is 0 Å². The molecule has 9 heteroatoms. The van der Waals surface area contributed by atoms with Crippen molar-refractivity contribution in [2.45, 2.75) is 23.3 Å². The van der Waals surface area contributed by atoms with Gasteiger partial charge in [-0.25, -0.2) is 18.4 Å². The Balaban J connectivity index is 1.33. The molecule has 30 heavy (non-hydrogen) atoms. The molecule has 0 amide bonds. The lowest BCUT2D eigenvalue weighted by molar-refractivity contribution is 0.0851. The van der Waals surface area contributed by atoms with Crippen LogP contribution in [0.2, 0.25) is 0 Å². The first kappa shape index (κ1) is 19.2. The zero-order valence-electron chi connectivity index (χ0n) is 16.7. The van der Waals surface area contributed by atoms with Crippen molar-refractivity contribution in [1.82, 2.24) is 19.9 Å². The van der Waals surface area contributed by atoms with Gasteiger partial charge in [-0.15, -0.1) is 0 Å². The van der Waals surface area contributed by atoms with E-state index in [4.69, 9.17) is 0 Å². The molecule has 2 aromatic heterocycles. The third-order valence-corrected chi connectivity index (χ3v) is 7.28. The molecule has 2 aliphatic rings. The van der Waals surface area contributed by atoms with E-state index in [1.54, 1.807) is 18.5 Å². The number of nitrogens with one attached hydrogen (secondary N) is 1.